The van der Waals surface area contributed by atoms with E-state index in [9.17, 15) is 0 Å². The molecule has 0 aromatic carbocycles. The van der Waals surface area contributed by atoms with Crippen LogP contribution in [0, 0.1) is 0 Å². The second-order valence-electron chi connectivity index (χ2n) is 4.21. The van der Waals surface area contributed by atoms with Gasteiger partial charge in [-0.25, -0.2) is 4.98 Å². The van der Waals surface area contributed by atoms with Gasteiger partial charge in [-0.3, -0.25) is 0 Å². The van der Waals surface area contributed by atoms with E-state index in [0.717, 1.165) is 10.3 Å². The number of ether oxygens (including phenoxy) is 1. The number of nitrogens with zero attached hydrogens (tertiary/aromatic N) is 2. The van der Waals surface area contributed by atoms with Crippen LogP contribution in [0.5, 0.6) is 0 Å². The van der Waals surface area contributed by atoms with Crippen LogP contribution in [0.2, 0.25) is 0 Å². The summed E-state index contributed by atoms with van der Waals surface area (Å²) in [6.45, 7) is 3.31. The summed E-state index contributed by atoms with van der Waals surface area (Å²) in [6, 6.07) is 2.06. The molecule has 0 amide bonds. The Hall–Kier alpha value is -0.850. The first-order valence-corrected chi connectivity index (χ1v) is 6.31. The Morgan fingerprint density at radius 3 is 3.12 bits per heavy atom. The Morgan fingerprint density at radius 1 is 1.71 bits per heavy atom. The van der Waals surface area contributed by atoms with Gasteiger partial charge in [-0.05, 0) is 28.9 Å². The first-order valence-electron chi connectivity index (χ1n) is 5.52. The predicted octanol–water partition coefficient (Wildman–Crippen LogP) is 1.01. The van der Waals surface area contributed by atoms with E-state index in [-0.39, 0.29) is 18.8 Å². The van der Waals surface area contributed by atoms with Crippen molar-refractivity contribution in [3.63, 3.8) is 0 Å². The normalized spacial score (nSPS) is 25.0. The third-order valence-electron chi connectivity index (χ3n) is 2.82. The molecular formula is C11H16BrN3O2. The molecule has 0 bridgehead atoms. The first-order chi connectivity index (χ1) is 8.11. The van der Waals surface area contributed by atoms with Gasteiger partial charge in [-0.2, -0.15) is 0 Å². The van der Waals surface area contributed by atoms with Crippen molar-refractivity contribution in [3.05, 3.63) is 16.7 Å². The van der Waals surface area contributed by atoms with Crippen molar-refractivity contribution in [2.24, 2.45) is 0 Å². The van der Waals surface area contributed by atoms with Crippen molar-refractivity contribution in [2.75, 3.05) is 30.4 Å². The monoisotopic (exact) mass is 301 g/mol. The van der Waals surface area contributed by atoms with Crippen LogP contribution in [0.25, 0.3) is 0 Å². The van der Waals surface area contributed by atoms with Crippen molar-refractivity contribution < 1.29 is 9.84 Å². The van der Waals surface area contributed by atoms with Gasteiger partial charge in [0.2, 0.25) is 0 Å². The second-order valence-corrected chi connectivity index (χ2v) is 5.07. The van der Waals surface area contributed by atoms with Crippen molar-refractivity contribution >= 4 is 27.4 Å². The topological polar surface area (TPSA) is 71.6 Å². The standard InChI is InChI=1S/C11H16BrN3O2/c1-7-6-17-9(5-16)4-15(7)11-10(12)2-8(13)3-14-11/h2-3,7,9,16H,4-6,13H2,1H3. The van der Waals surface area contributed by atoms with E-state index in [1.807, 2.05) is 6.07 Å². The average Bonchev–Trinajstić information content (AvgIpc) is 2.30. The van der Waals surface area contributed by atoms with Gasteiger partial charge < -0.3 is 20.5 Å². The van der Waals surface area contributed by atoms with E-state index < -0.39 is 0 Å². The number of aliphatic hydroxyl groups excluding tert-OH is 1. The van der Waals surface area contributed by atoms with Crippen molar-refractivity contribution in [2.45, 2.75) is 19.1 Å². The molecular weight excluding hydrogens is 286 g/mol. The fourth-order valence-corrected chi connectivity index (χ4v) is 2.47. The second kappa shape index (κ2) is 5.20. The molecule has 2 rings (SSSR count). The zero-order valence-corrected chi connectivity index (χ0v) is 11.2. The van der Waals surface area contributed by atoms with Crippen LogP contribution < -0.4 is 10.6 Å². The van der Waals surface area contributed by atoms with Gasteiger partial charge in [0.1, 0.15) is 5.82 Å². The highest BCUT2D eigenvalue weighted by Gasteiger charge is 2.27. The Morgan fingerprint density at radius 2 is 2.47 bits per heavy atom. The van der Waals surface area contributed by atoms with Gasteiger partial charge in [0, 0.05) is 6.54 Å². The lowest BCUT2D eigenvalue weighted by Gasteiger charge is -2.38. The summed E-state index contributed by atoms with van der Waals surface area (Å²) in [4.78, 5) is 6.46. The number of hydrogen-bond acceptors (Lipinski definition) is 5. The Balaban J connectivity index is 2.24. The molecule has 1 aromatic heterocycles. The zero-order chi connectivity index (χ0) is 12.4. The van der Waals surface area contributed by atoms with Gasteiger partial charge in [-0.1, -0.05) is 0 Å². The number of aliphatic hydroxyl groups is 1. The van der Waals surface area contributed by atoms with Gasteiger partial charge in [0.15, 0.2) is 0 Å². The molecule has 0 radical (unpaired) electrons. The number of hydrogen-bond donors (Lipinski definition) is 2. The largest absolute Gasteiger partial charge is 0.397 e. The minimum absolute atomic E-state index is 0.0236. The quantitative estimate of drug-likeness (QED) is 0.853. The highest BCUT2D eigenvalue weighted by Crippen LogP contribution is 2.28. The summed E-state index contributed by atoms with van der Waals surface area (Å²) < 4.78 is 6.36. The minimum atomic E-state index is -0.155. The molecule has 5 nitrogen and oxygen atoms in total. The molecule has 0 aliphatic carbocycles. The van der Waals surface area contributed by atoms with Gasteiger partial charge in [0.05, 0.1) is 41.7 Å². The molecule has 6 heteroatoms. The molecule has 1 saturated heterocycles. The Bertz CT molecular complexity index is 402. The molecule has 1 aliphatic rings. The van der Waals surface area contributed by atoms with Crippen LogP contribution >= 0.6 is 15.9 Å². The smallest absolute Gasteiger partial charge is 0.143 e. The van der Waals surface area contributed by atoms with Gasteiger partial charge >= 0.3 is 0 Å². The van der Waals surface area contributed by atoms with Crippen LogP contribution in [-0.2, 0) is 4.74 Å². The van der Waals surface area contributed by atoms with Crippen LogP contribution in [0.15, 0.2) is 16.7 Å². The minimum Gasteiger partial charge on any atom is -0.397 e. The molecule has 1 aliphatic heterocycles. The summed E-state index contributed by atoms with van der Waals surface area (Å²) in [5.41, 5.74) is 6.29. The number of nitrogens with two attached hydrogens (primary N) is 1. The maximum absolute atomic E-state index is 9.15. The molecule has 94 valence electrons. The fourth-order valence-electron chi connectivity index (χ4n) is 1.88. The van der Waals surface area contributed by atoms with E-state index in [4.69, 9.17) is 15.6 Å². The molecule has 2 atom stereocenters. The Labute approximate surface area is 109 Å². The number of morpholine rings is 1. The number of aromatic nitrogens is 1. The lowest BCUT2D eigenvalue weighted by Crippen LogP contribution is -2.50. The molecule has 1 aromatic rings. The average molecular weight is 302 g/mol. The lowest BCUT2D eigenvalue weighted by molar-refractivity contribution is -0.0106. The van der Waals surface area contributed by atoms with Crippen molar-refractivity contribution in [3.8, 4) is 0 Å². The lowest BCUT2D eigenvalue weighted by atomic mass is 10.2. The molecule has 17 heavy (non-hydrogen) atoms. The maximum atomic E-state index is 9.15. The molecule has 0 spiro atoms. The number of nitrogen functional groups attached to an aromatic ring is 1. The van der Waals surface area contributed by atoms with E-state index >= 15 is 0 Å². The molecule has 2 unspecified atom stereocenters. The van der Waals surface area contributed by atoms with E-state index in [1.54, 1.807) is 6.20 Å². The van der Waals surface area contributed by atoms with Gasteiger partial charge in [0.25, 0.3) is 0 Å². The third-order valence-corrected chi connectivity index (χ3v) is 3.41. The first kappa shape index (κ1) is 12.6. The maximum Gasteiger partial charge on any atom is 0.143 e. The van der Waals surface area contributed by atoms with Crippen LogP contribution in [-0.4, -0.2) is 42.0 Å². The predicted molar refractivity (Wildman–Crippen MR) is 70.0 cm³/mol. The number of anilines is 2. The Kier molecular flexibility index (Phi) is 3.86. The van der Waals surface area contributed by atoms with E-state index in [1.165, 1.54) is 0 Å². The zero-order valence-electron chi connectivity index (χ0n) is 9.64. The third kappa shape index (κ3) is 2.70. The summed E-state index contributed by atoms with van der Waals surface area (Å²) in [7, 11) is 0. The SMILES string of the molecule is CC1COC(CO)CN1c1ncc(N)cc1Br. The molecule has 0 saturated carbocycles. The highest BCUT2D eigenvalue weighted by molar-refractivity contribution is 9.10. The molecule has 1 fully saturated rings. The van der Waals surface area contributed by atoms with Crippen LogP contribution in [0.4, 0.5) is 11.5 Å². The van der Waals surface area contributed by atoms with Crippen LogP contribution in [0.1, 0.15) is 6.92 Å². The summed E-state index contributed by atoms with van der Waals surface area (Å²) in [5, 5.41) is 9.15. The number of halogens is 1. The number of rotatable bonds is 2. The highest BCUT2D eigenvalue weighted by atomic mass is 79.9. The van der Waals surface area contributed by atoms with E-state index in [0.29, 0.717) is 18.8 Å². The van der Waals surface area contributed by atoms with Gasteiger partial charge in [-0.15, -0.1) is 0 Å². The number of pyridine rings is 1. The van der Waals surface area contributed by atoms with Crippen LogP contribution in [0.3, 0.4) is 0 Å². The summed E-state index contributed by atoms with van der Waals surface area (Å²) in [6.07, 6.45) is 1.48. The molecule has 3 N–H and O–H groups in total. The van der Waals surface area contributed by atoms with Crippen molar-refractivity contribution in [1.29, 1.82) is 0 Å². The summed E-state index contributed by atoms with van der Waals surface area (Å²) in [5.74, 6) is 0.841. The fraction of sp³-hybridized carbons (Fsp3) is 0.545. The van der Waals surface area contributed by atoms with Crippen molar-refractivity contribution in [1.82, 2.24) is 4.98 Å². The molecule has 2 heterocycles. The van der Waals surface area contributed by atoms with E-state index in [2.05, 4.69) is 32.7 Å². The summed E-state index contributed by atoms with van der Waals surface area (Å²) >= 11 is 3.46.